The van der Waals surface area contributed by atoms with Gasteiger partial charge in [0.05, 0.1) is 0 Å². The number of hydrogen-bond acceptors (Lipinski definition) is 1. The van der Waals surface area contributed by atoms with Crippen molar-refractivity contribution in [3.05, 3.63) is 24.0 Å². The predicted octanol–water partition coefficient (Wildman–Crippen LogP) is 7.59. The highest BCUT2D eigenvalue weighted by Crippen LogP contribution is 2.54. The van der Waals surface area contributed by atoms with Crippen LogP contribution in [0.5, 0.6) is 0 Å². The second-order valence-electron chi connectivity index (χ2n) is 9.46. The van der Waals surface area contributed by atoms with E-state index in [1.165, 1.54) is 51.4 Å². The molecule has 1 atom stereocenters. The number of rotatable bonds is 9. The molecular formula is C22H40O. The van der Waals surface area contributed by atoms with E-state index in [1.807, 2.05) is 12.2 Å². The molecule has 1 aliphatic carbocycles. The van der Waals surface area contributed by atoms with Crippen LogP contribution in [0.2, 0.25) is 0 Å². The van der Waals surface area contributed by atoms with Gasteiger partial charge in [0.2, 0.25) is 0 Å². The summed E-state index contributed by atoms with van der Waals surface area (Å²) < 4.78 is 0. The zero-order valence-electron chi connectivity index (χ0n) is 16.5. The van der Waals surface area contributed by atoms with Gasteiger partial charge < -0.3 is 5.11 Å². The van der Waals surface area contributed by atoms with Gasteiger partial charge in [-0.25, -0.2) is 0 Å². The molecule has 1 N–H and O–H groups in total. The van der Waals surface area contributed by atoms with E-state index in [4.69, 9.17) is 0 Å². The van der Waals surface area contributed by atoms with Crippen molar-refractivity contribution < 1.29 is 5.11 Å². The lowest BCUT2D eigenvalue weighted by Crippen LogP contribution is -2.39. The average molecular weight is 321 g/mol. The molecular weight excluding hydrogens is 280 g/mol. The summed E-state index contributed by atoms with van der Waals surface area (Å²) in [6.07, 6.45) is 17.8. The minimum absolute atomic E-state index is 0.192. The van der Waals surface area contributed by atoms with E-state index in [9.17, 15) is 5.11 Å². The third kappa shape index (κ3) is 6.36. The Labute approximate surface area is 145 Å². The lowest BCUT2D eigenvalue weighted by atomic mass is 9.56. The van der Waals surface area contributed by atoms with Crippen molar-refractivity contribution >= 4 is 0 Å². The Kier molecular flexibility index (Phi) is 7.42. The van der Waals surface area contributed by atoms with Crippen LogP contribution in [0.4, 0.5) is 0 Å². The highest BCUT2D eigenvalue weighted by molar-refractivity contribution is 5.24. The van der Waals surface area contributed by atoms with Crippen LogP contribution in [0.3, 0.4) is 0 Å². The van der Waals surface area contributed by atoms with E-state index in [2.05, 4.69) is 47.6 Å². The summed E-state index contributed by atoms with van der Waals surface area (Å²) >= 11 is 0. The van der Waals surface area contributed by atoms with Crippen LogP contribution in [-0.2, 0) is 0 Å². The fourth-order valence-corrected chi connectivity index (χ4v) is 4.42. The second-order valence-corrected chi connectivity index (χ2v) is 9.46. The summed E-state index contributed by atoms with van der Waals surface area (Å²) in [6.45, 7) is 14.1. The summed E-state index contributed by atoms with van der Waals surface area (Å²) in [4.78, 5) is 0. The fraction of sp³-hybridized carbons (Fsp3) is 0.818. The highest BCUT2D eigenvalue weighted by Gasteiger charge is 2.44. The largest absolute Gasteiger partial charge is 0.508 e. The maximum atomic E-state index is 9.78. The van der Waals surface area contributed by atoms with Crippen LogP contribution in [-0.4, -0.2) is 5.11 Å². The maximum Gasteiger partial charge on any atom is 0.111 e. The molecule has 0 aromatic carbocycles. The molecule has 23 heavy (non-hydrogen) atoms. The zero-order chi connectivity index (χ0) is 17.6. The Bertz CT molecular complexity index is 408. The monoisotopic (exact) mass is 320 g/mol. The van der Waals surface area contributed by atoms with Crippen molar-refractivity contribution in [3.63, 3.8) is 0 Å². The molecule has 0 saturated heterocycles. The molecule has 0 radical (unpaired) electrons. The summed E-state index contributed by atoms with van der Waals surface area (Å²) in [5.74, 6) is 0.440. The van der Waals surface area contributed by atoms with E-state index < -0.39 is 0 Å². The average Bonchev–Trinajstić information content (AvgIpc) is 2.42. The van der Waals surface area contributed by atoms with Crippen LogP contribution in [0, 0.1) is 16.2 Å². The van der Waals surface area contributed by atoms with Gasteiger partial charge in [-0.05, 0) is 47.7 Å². The first-order valence-electron chi connectivity index (χ1n) is 9.70. The topological polar surface area (TPSA) is 20.2 Å². The maximum absolute atomic E-state index is 9.78. The van der Waals surface area contributed by atoms with Gasteiger partial charge in [-0.2, -0.15) is 0 Å². The van der Waals surface area contributed by atoms with E-state index >= 15 is 0 Å². The highest BCUT2D eigenvalue weighted by atomic mass is 16.3. The molecule has 1 heteroatoms. The van der Waals surface area contributed by atoms with Gasteiger partial charge >= 0.3 is 0 Å². The SMILES string of the molecule is CCCCCCCCC1(C(C)(C)CC(C)(C)C)C=CC(O)=CC1. The molecule has 0 aromatic rings. The second kappa shape index (κ2) is 8.40. The standard InChI is InChI=1S/C22H40O/c1-7-8-9-10-11-12-15-22(16-13-19(23)14-17-22)21(5,6)18-20(2,3)4/h13-14,16,23H,7-12,15,17-18H2,1-6H3. The fourth-order valence-electron chi connectivity index (χ4n) is 4.42. The van der Waals surface area contributed by atoms with Gasteiger partial charge in [-0.15, -0.1) is 0 Å². The van der Waals surface area contributed by atoms with Crippen LogP contribution < -0.4 is 0 Å². The van der Waals surface area contributed by atoms with Crippen LogP contribution in [0.15, 0.2) is 24.0 Å². The Hall–Kier alpha value is -0.720. The van der Waals surface area contributed by atoms with Crippen molar-refractivity contribution in [2.24, 2.45) is 16.2 Å². The van der Waals surface area contributed by atoms with E-state index in [-0.39, 0.29) is 10.8 Å². The Morgan fingerprint density at radius 1 is 1.00 bits per heavy atom. The van der Waals surface area contributed by atoms with Crippen molar-refractivity contribution in [2.75, 3.05) is 0 Å². The zero-order valence-corrected chi connectivity index (χ0v) is 16.5. The Morgan fingerprint density at radius 2 is 1.61 bits per heavy atom. The summed E-state index contributed by atoms with van der Waals surface area (Å²) in [5.41, 5.74) is 0.758. The molecule has 1 unspecified atom stereocenters. The number of hydrogen-bond donors (Lipinski definition) is 1. The van der Waals surface area contributed by atoms with Crippen molar-refractivity contribution in [1.82, 2.24) is 0 Å². The third-order valence-corrected chi connectivity index (χ3v) is 5.55. The summed E-state index contributed by atoms with van der Waals surface area (Å²) in [7, 11) is 0. The lowest BCUT2D eigenvalue weighted by molar-refractivity contribution is 0.0573. The van der Waals surface area contributed by atoms with E-state index in [0.29, 0.717) is 11.2 Å². The van der Waals surface area contributed by atoms with E-state index in [1.54, 1.807) is 0 Å². The normalized spacial score (nSPS) is 22.3. The van der Waals surface area contributed by atoms with Crippen LogP contribution in [0.25, 0.3) is 0 Å². The van der Waals surface area contributed by atoms with Crippen LogP contribution >= 0.6 is 0 Å². The molecule has 1 nitrogen and oxygen atoms in total. The number of aliphatic hydroxyl groups is 1. The lowest BCUT2D eigenvalue weighted by Gasteiger charge is -2.49. The first-order chi connectivity index (χ1) is 10.6. The van der Waals surface area contributed by atoms with Gasteiger partial charge in [0, 0.05) is 0 Å². The summed E-state index contributed by atoms with van der Waals surface area (Å²) in [5, 5.41) is 9.78. The number of unbranched alkanes of at least 4 members (excludes halogenated alkanes) is 5. The molecule has 1 aliphatic rings. The minimum atomic E-state index is 0.192. The van der Waals surface area contributed by atoms with Crippen molar-refractivity contribution in [3.8, 4) is 0 Å². The molecule has 1 rings (SSSR count). The minimum Gasteiger partial charge on any atom is -0.508 e. The van der Waals surface area contributed by atoms with Gasteiger partial charge in [0.15, 0.2) is 0 Å². The van der Waals surface area contributed by atoms with Crippen molar-refractivity contribution in [2.45, 2.75) is 99.3 Å². The summed E-state index contributed by atoms with van der Waals surface area (Å²) in [6, 6.07) is 0. The number of allylic oxidation sites excluding steroid dienone is 3. The number of aliphatic hydroxyl groups excluding tert-OH is 1. The quantitative estimate of drug-likeness (QED) is 0.434. The van der Waals surface area contributed by atoms with Gasteiger partial charge in [-0.1, -0.05) is 86.1 Å². The third-order valence-electron chi connectivity index (χ3n) is 5.55. The molecule has 0 heterocycles. The molecule has 0 aromatic heterocycles. The van der Waals surface area contributed by atoms with Gasteiger partial charge in [-0.3, -0.25) is 0 Å². The van der Waals surface area contributed by atoms with E-state index in [0.717, 1.165) is 6.42 Å². The van der Waals surface area contributed by atoms with Crippen molar-refractivity contribution in [1.29, 1.82) is 0 Å². The molecule has 0 amide bonds. The Morgan fingerprint density at radius 3 is 2.13 bits per heavy atom. The van der Waals surface area contributed by atoms with Crippen LogP contribution in [0.1, 0.15) is 99.3 Å². The van der Waals surface area contributed by atoms with Gasteiger partial charge in [0.1, 0.15) is 5.76 Å². The molecule has 0 saturated carbocycles. The first-order valence-corrected chi connectivity index (χ1v) is 9.70. The Balaban J connectivity index is 2.74. The smallest absolute Gasteiger partial charge is 0.111 e. The van der Waals surface area contributed by atoms with Gasteiger partial charge in [0.25, 0.3) is 0 Å². The molecule has 134 valence electrons. The molecule has 0 spiro atoms. The molecule has 0 aliphatic heterocycles. The predicted molar refractivity (Wildman–Crippen MR) is 103 cm³/mol. The molecule has 0 bridgehead atoms. The molecule has 0 fully saturated rings. The first kappa shape index (κ1) is 20.3.